The van der Waals surface area contributed by atoms with Gasteiger partial charge in [-0.1, -0.05) is 12.0 Å². The number of nitrogens with zero attached hydrogens (tertiary/aromatic N) is 4. The van der Waals surface area contributed by atoms with Crippen LogP contribution in [-0.2, 0) is 23.4 Å². The highest BCUT2D eigenvalue weighted by Crippen LogP contribution is 2.37. The Morgan fingerprint density at radius 2 is 2.28 bits per heavy atom. The van der Waals surface area contributed by atoms with Crippen molar-refractivity contribution in [2.24, 2.45) is 5.73 Å². The Labute approximate surface area is 184 Å². The zero-order valence-electron chi connectivity index (χ0n) is 17.6. The molecule has 3 N–H and O–H groups in total. The minimum absolute atomic E-state index is 0.0183. The van der Waals surface area contributed by atoms with E-state index in [2.05, 4.69) is 27.1 Å². The molecule has 3 rings (SSSR count). The van der Waals surface area contributed by atoms with Crippen molar-refractivity contribution in [1.82, 2.24) is 14.7 Å². The summed E-state index contributed by atoms with van der Waals surface area (Å²) in [6.45, 7) is 0.658. The molecule has 2 aromatic rings. The third-order valence-electron chi connectivity index (χ3n) is 5.73. The molecule has 0 radical (unpaired) electrons. The van der Waals surface area contributed by atoms with E-state index in [0.717, 1.165) is 0 Å². The maximum atomic E-state index is 15.6. The maximum absolute atomic E-state index is 15.6. The molecule has 2 atom stereocenters. The molecular formula is C22H24F2N6O2. The number of methoxy groups -OCH3 is 1. The van der Waals surface area contributed by atoms with Gasteiger partial charge in [-0.25, -0.2) is 13.6 Å². The van der Waals surface area contributed by atoms with Crippen LogP contribution in [0.25, 0.3) is 0 Å². The molecule has 168 valence electrons. The zero-order valence-corrected chi connectivity index (χ0v) is 17.6. The van der Waals surface area contributed by atoms with E-state index in [-0.39, 0.29) is 38.3 Å². The summed E-state index contributed by atoms with van der Waals surface area (Å²) in [7, 11) is 1.21. The van der Waals surface area contributed by atoms with Crippen LogP contribution in [0, 0.1) is 29.5 Å². The Kier molecular flexibility index (Phi) is 7.08. The molecule has 1 saturated heterocycles. The van der Waals surface area contributed by atoms with Gasteiger partial charge in [-0.2, -0.15) is 10.4 Å². The highest BCUT2D eigenvalue weighted by atomic mass is 19.1. The normalized spacial score (nSPS) is 20.9. The highest BCUT2D eigenvalue weighted by Gasteiger charge is 2.46. The number of carbonyl (C=O) groups excluding carboxylic acids is 1. The van der Waals surface area contributed by atoms with Crippen LogP contribution in [0.3, 0.4) is 0 Å². The van der Waals surface area contributed by atoms with Crippen LogP contribution in [0.2, 0.25) is 0 Å². The molecule has 0 bridgehead atoms. The van der Waals surface area contributed by atoms with Crippen LogP contribution in [-0.4, -0.2) is 47.1 Å². The molecule has 1 aliphatic heterocycles. The zero-order chi connectivity index (χ0) is 23.3. The maximum Gasteiger partial charge on any atom is 0.412 e. The Morgan fingerprint density at radius 3 is 2.88 bits per heavy atom. The lowest BCUT2D eigenvalue weighted by Crippen LogP contribution is -2.54. The van der Waals surface area contributed by atoms with Gasteiger partial charge in [0.25, 0.3) is 0 Å². The summed E-state index contributed by atoms with van der Waals surface area (Å²) in [6, 6.07) is 6.57. The lowest BCUT2D eigenvalue weighted by molar-refractivity contribution is 0.00659. The van der Waals surface area contributed by atoms with E-state index in [1.807, 2.05) is 0 Å². The molecule has 1 aromatic carbocycles. The van der Waals surface area contributed by atoms with E-state index in [0.29, 0.717) is 23.2 Å². The summed E-state index contributed by atoms with van der Waals surface area (Å²) in [5, 5.41) is 16.2. The van der Waals surface area contributed by atoms with Crippen molar-refractivity contribution < 1.29 is 18.3 Å². The average Bonchev–Trinajstić information content (AvgIpc) is 3.20. The van der Waals surface area contributed by atoms with Crippen LogP contribution in [0.5, 0.6) is 0 Å². The molecule has 8 nitrogen and oxygen atoms in total. The summed E-state index contributed by atoms with van der Waals surface area (Å²) >= 11 is 0. The first-order chi connectivity index (χ1) is 15.4. The smallest absolute Gasteiger partial charge is 0.412 e. The lowest BCUT2D eigenvalue weighted by Gasteiger charge is -2.43. The van der Waals surface area contributed by atoms with E-state index in [4.69, 9.17) is 12.2 Å². The number of amides is 1. The summed E-state index contributed by atoms with van der Waals surface area (Å²) in [5.41, 5.74) is 5.84. The van der Waals surface area contributed by atoms with Crippen molar-refractivity contribution in [3.05, 3.63) is 46.9 Å². The highest BCUT2D eigenvalue weighted by molar-refractivity contribution is 5.84. The third kappa shape index (κ3) is 4.57. The van der Waals surface area contributed by atoms with Crippen LogP contribution in [0.1, 0.15) is 29.5 Å². The van der Waals surface area contributed by atoms with Gasteiger partial charge in [-0.15, -0.1) is 6.42 Å². The number of alkyl halides is 1. The van der Waals surface area contributed by atoms with Gasteiger partial charge in [-0.05, 0) is 18.6 Å². The number of nitrogens with two attached hydrogens (primary N) is 1. The predicted molar refractivity (Wildman–Crippen MR) is 113 cm³/mol. The number of rotatable bonds is 6. The van der Waals surface area contributed by atoms with Crippen molar-refractivity contribution in [2.75, 3.05) is 25.5 Å². The van der Waals surface area contributed by atoms with E-state index in [1.54, 1.807) is 23.2 Å². The number of benzene rings is 1. The van der Waals surface area contributed by atoms with Crippen LogP contribution in [0.4, 0.5) is 19.4 Å². The molecule has 0 spiro atoms. The Bertz CT molecular complexity index is 1070. The molecule has 10 heteroatoms. The number of nitrogens with one attached hydrogen (secondary N) is 1. The van der Waals surface area contributed by atoms with Gasteiger partial charge in [0.15, 0.2) is 5.82 Å². The van der Waals surface area contributed by atoms with E-state index < -0.39 is 23.6 Å². The van der Waals surface area contributed by atoms with E-state index in [9.17, 15) is 14.4 Å². The number of aromatic nitrogens is 2. The number of hydrogen-bond donors (Lipinski definition) is 2. The first-order valence-electron chi connectivity index (χ1n) is 9.99. The third-order valence-corrected chi connectivity index (χ3v) is 5.73. The van der Waals surface area contributed by atoms with Crippen molar-refractivity contribution in [3.63, 3.8) is 0 Å². The number of terminal acetylenes is 1. The SMILES string of the molecule is C#Cc1ccc(CN2CCC(CC#N)(n3cc(CN)c(NC(=O)OC)n3)C(F)C2)c(F)c1. The largest absolute Gasteiger partial charge is 0.453 e. The van der Waals surface area contributed by atoms with E-state index >= 15 is 4.39 Å². The molecular weight excluding hydrogens is 418 g/mol. The first kappa shape index (κ1) is 23.2. The monoisotopic (exact) mass is 442 g/mol. The van der Waals surface area contributed by atoms with Crippen LogP contribution < -0.4 is 11.1 Å². The molecule has 1 aliphatic rings. The number of anilines is 1. The molecule has 1 fully saturated rings. The summed E-state index contributed by atoms with van der Waals surface area (Å²) in [5.74, 6) is 2.09. The fraction of sp³-hybridized carbons (Fsp3) is 0.409. The van der Waals surface area contributed by atoms with Crippen molar-refractivity contribution >= 4 is 11.9 Å². The Balaban J connectivity index is 1.83. The van der Waals surface area contributed by atoms with Gasteiger partial charge in [-0.3, -0.25) is 14.9 Å². The van der Waals surface area contributed by atoms with Gasteiger partial charge in [0, 0.05) is 49.1 Å². The average molecular weight is 442 g/mol. The van der Waals surface area contributed by atoms with Crippen molar-refractivity contribution in [1.29, 1.82) is 5.26 Å². The van der Waals surface area contributed by atoms with Gasteiger partial charge in [0.2, 0.25) is 0 Å². The summed E-state index contributed by atoms with van der Waals surface area (Å²) < 4.78 is 35.9. The second-order valence-electron chi connectivity index (χ2n) is 7.61. The van der Waals surface area contributed by atoms with Gasteiger partial charge >= 0.3 is 6.09 Å². The fourth-order valence-corrected chi connectivity index (χ4v) is 3.86. The molecule has 2 unspecified atom stereocenters. The predicted octanol–water partition coefficient (Wildman–Crippen LogP) is 2.49. The van der Waals surface area contributed by atoms with Gasteiger partial charge in [0.1, 0.15) is 17.5 Å². The molecule has 2 heterocycles. The summed E-state index contributed by atoms with van der Waals surface area (Å²) in [6.07, 6.45) is 4.76. The number of nitriles is 1. The number of piperidine rings is 1. The minimum atomic E-state index is -1.47. The molecule has 1 amide bonds. The minimum Gasteiger partial charge on any atom is -0.453 e. The van der Waals surface area contributed by atoms with Crippen molar-refractivity contribution in [3.8, 4) is 18.4 Å². The Morgan fingerprint density at radius 1 is 1.50 bits per heavy atom. The second kappa shape index (κ2) is 9.77. The topological polar surface area (TPSA) is 109 Å². The molecule has 32 heavy (non-hydrogen) atoms. The number of likely N-dealkylation sites (tertiary alicyclic amines) is 1. The molecule has 0 saturated carbocycles. The standard InChI is InChI=1S/C22H24F2N6O2/c1-3-15-4-5-16(18(23)10-15)12-29-9-7-22(6-8-25,19(24)14-29)30-13-17(11-26)20(28-30)27-21(31)32-2/h1,4-5,10,13,19H,6-7,9,11-12,14,26H2,2H3,(H,27,28,31). The van der Waals surface area contributed by atoms with Crippen LogP contribution >= 0.6 is 0 Å². The summed E-state index contributed by atoms with van der Waals surface area (Å²) in [4.78, 5) is 13.4. The van der Waals surface area contributed by atoms with E-state index in [1.165, 1.54) is 17.9 Å². The fourth-order valence-electron chi connectivity index (χ4n) is 3.86. The van der Waals surface area contributed by atoms with Crippen molar-refractivity contribution in [2.45, 2.75) is 37.6 Å². The number of hydrogen-bond acceptors (Lipinski definition) is 6. The number of carbonyl (C=O) groups is 1. The second-order valence-corrected chi connectivity index (χ2v) is 7.61. The van der Waals surface area contributed by atoms with Crippen LogP contribution in [0.15, 0.2) is 24.4 Å². The lowest BCUT2D eigenvalue weighted by atomic mass is 9.83. The Hall–Kier alpha value is -3.47. The molecule has 0 aliphatic carbocycles. The first-order valence-corrected chi connectivity index (χ1v) is 9.99. The van der Waals surface area contributed by atoms with Gasteiger partial charge in [0.05, 0.1) is 19.6 Å². The molecule has 1 aromatic heterocycles. The quantitative estimate of drug-likeness (QED) is 0.666. The number of halogens is 2. The number of ether oxygens (including phenoxy) is 1. The van der Waals surface area contributed by atoms with Gasteiger partial charge < -0.3 is 10.5 Å².